The van der Waals surface area contributed by atoms with Gasteiger partial charge in [0, 0.05) is 6.04 Å². The van der Waals surface area contributed by atoms with E-state index in [1.807, 2.05) is 0 Å². The molecule has 0 amide bonds. The minimum absolute atomic E-state index is 0.199. The van der Waals surface area contributed by atoms with Gasteiger partial charge in [-0.05, 0) is 37.2 Å². The van der Waals surface area contributed by atoms with E-state index in [1.165, 1.54) is 18.6 Å². The number of nitro benzene ring substituents is 1. The van der Waals surface area contributed by atoms with Crippen molar-refractivity contribution in [3.05, 3.63) is 34.1 Å². The molecule has 0 radical (unpaired) electrons. The normalized spacial score (nSPS) is 15.7. The monoisotopic (exact) mass is 297 g/mol. The van der Waals surface area contributed by atoms with Crippen LogP contribution in [0.15, 0.2) is 18.2 Å². The van der Waals surface area contributed by atoms with Crippen molar-refractivity contribution in [1.82, 2.24) is 5.32 Å². The summed E-state index contributed by atoms with van der Waals surface area (Å²) in [5.41, 5.74) is -0.123. The average Bonchev–Trinajstić information content (AvgIpc) is 2.41. The Morgan fingerprint density at radius 2 is 2.05 bits per heavy atom. The molecule has 0 saturated heterocycles. The maximum atomic E-state index is 13.0. The maximum absolute atomic E-state index is 13.0. The highest BCUT2D eigenvalue weighted by Gasteiger charge is 2.18. The molecule has 5 nitrogen and oxygen atoms in total. The topological polar surface area (TPSA) is 67.2 Å². The molecular weight excluding hydrogens is 281 g/mol. The molecule has 2 N–H and O–H groups in total. The molecule has 0 heterocycles. The van der Waals surface area contributed by atoms with Crippen molar-refractivity contribution in [2.45, 2.75) is 38.1 Å². The van der Waals surface area contributed by atoms with Gasteiger partial charge in [0.25, 0.3) is 5.69 Å². The molecule has 0 spiro atoms. The molecule has 2 rings (SSSR count). The lowest BCUT2D eigenvalue weighted by Crippen LogP contribution is -2.38. The van der Waals surface area contributed by atoms with Gasteiger partial charge in [-0.15, -0.1) is 0 Å². The van der Waals surface area contributed by atoms with Crippen LogP contribution in [0.25, 0.3) is 0 Å². The van der Waals surface area contributed by atoms with Gasteiger partial charge < -0.3 is 10.6 Å². The first kappa shape index (κ1) is 14.6. The number of nitrogens with zero attached hydrogens (tertiary/aromatic N) is 1. The molecule has 0 atom stereocenters. The zero-order valence-electron chi connectivity index (χ0n) is 10.9. The third kappa shape index (κ3) is 3.86. The minimum atomic E-state index is -0.645. The van der Waals surface area contributed by atoms with Gasteiger partial charge in [-0.3, -0.25) is 10.1 Å². The fourth-order valence-corrected chi connectivity index (χ4v) is 2.63. The molecule has 0 bridgehead atoms. The number of hydrogen-bond acceptors (Lipinski definition) is 3. The van der Waals surface area contributed by atoms with Crippen molar-refractivity contribution >= 4 is 28.7 Å². The Balaban J connectivity index is 2.01. The molecule has 7 heteroatoms. The predicted octanol–water partition coefficient (Wildman–Crippen LogP) is 3.35. The number of hydrogen-bond donors (Lipinski definition) is 2. The van der Waals surface area contributed by atoms with Crippen molar-refractivity contribution in [3.8, 4) is 0 Å². The van der Waals surface area contributed by atoms with Crippen LogP contribution in [0.2, 0.25) is 0 Å². The number of thiocarbonyl (C=S) groups is 1. The van der Waals surface area contributed by atoms with Gasteiger partial charge in [-0.2, -0.15) is 0 Å². The Morgan fingerprint density at radius 1 is 1.35 bits per heavy atom. The van der Waals surface area contributed by atoms with Crippen molar-refractivity contribution in [2.75, 3.05) is 5.32 Å². The quantitative estimate of drug-likeness (QED) is 0.509. The lowest BCUT2D eigenvalue weighted by molar-refractivity contribution is -0.384. The van der Waals surface area contributed by atoms with E-state index >= 15 is 0 Å². The van der Waals surface area contributed by atoms with Crippen LogP contribution in [0.1, 0.15) is 32.1 Å². The Hall–Kier alpha value is -1.76. The Kier molecular flexibility index (Phi) is 4.84. The summed E-state index contributed by atoms with van der Waals surface area (Å²) in [6, 6.07) is 3.68. The molecule has 108 valence electrons. The Morgan fingerprint density at radius 3 is 2.70 bits per heavy atom. The van der Waals surface area contributed by atoms with Crippen LogP contribution in [-0.4, -0.2) is 16.1 Å². The standard InChI is InChI=1S/C13H16FN3O2S/c14-9-6-7-11(12(8-9)17(18)19)16-13(20)15-10-4-2-1-3-5-10/h6-8,10H,1-5H2,(H2,15,16,20). The summed E-state index contributed by atoms with van der Waals surface area (Å²) in [7, 11) is 0. The van der Waals surface area contributed by atoms with Crippen LogP contribution in [-0.2, 0) is 0 Å². The van der Waals surface area contributed by atoms with Crippen molar-refractivity contribution in [2.24, 2.45) is 0 Å². The lowest BCUT2D eigenvalue weighted by Gasteiger charge is -2.24. The number of halogens is 1. The zero-order valence-corrected chi connectivity index (χ0v) is 11.7. The number of nitrogens with one attached hydrogen (secondary N) is 2. The molecule has 0 unspecified atom stereocenters. The molecule has 1 aromatic rings. The van der Waals surface area contributed by atoms with E-state index in [1.54, 1.807) is 0 Å². The van der Waals surface area contributed by atoms with E-state index < -0.39 is 10.7 Å². The van der Waals surface area contributed by atoms with Crippen LogP contribution < -0.4 is 10.6 Å². The zero-order chi connectivity index (χ0) is 14.5. The van der Waals surface area contributed by atoms with E-state index in [4.69, 9.17) is 12.2 Å². The molecule has 1 aliphatic carbocycles. The highest BCUT2D eigenvalue weighted by atomic mass is 32.1. The second kappa shape index (κ2) is 6.60. The first-order chi connectivity index (χ1) is 9.56. The van der Waals surface area contributed by atoms with E-state index in [0.29, 0.717) is 11.2 Å². The Bertz CT molecular complexity index is 518. The molecule has 20 heavy (non-hydrogen) atoms. The highest BCUT2D eigenvalue weighted by Crippen LogP contribution is 2.25. The summed E-state index contributed by atoms with van der Waals surface area (Å²) in [5.74, 6) is -0.645. The van der Waals surface area contributed by atoms with Crippen LogP contribution >= 0.6 is 12.2 Å². The molecule has 1 saturated carbocycles. The molecule has 1 aliphatic rings. The summed E-state index contributed by atoms with van der Waals surface area (Å²) in [6.45, 7) is 0. The molecule has 1 aromatic carbocycles. The van der Waals surface area contributed by atoms with Gasteiger partial charge in [-0.1, -0.05) is 19.3 Å². The number of nitro groups is 1. The van der Waals surface area contributed by atoms with Gasteiger partial charge in [0.2, 0.25) is 0 Å². The third-order valence-electron chi connectivity index (χ3n) is 3.35. The fraction of sp³-hybridized carbons (Fsp3) is 0.462. The summed E-state index contributed by atoms with van der Waals surface area (Å²) in [4.78, 5) is 10.3. The smallest absolute Gasteiger partial charge is 0.295 e. The predicted molar refractivity (Wildman–Crippen MR) is 79.3 cm³/mol. The number of benzene rings is 1. The molecular formula is C13H16FN3O2S. The van der Waals surface area contributed by atoms with Crippen molar-refractivity contribution < 1.29 is 9.31 Å². The lowest BCUT2D eigenvalue weighted by atomic mass is 9.96. The van der Waals surface area contributed by atoms with Gasteiger partial charge in [-0.25, -0.2) is 4.39 Å². The first-order valence-electron chi connectivity index (χ1n) is 6.58. The van der Waals surface area contributed by atoms with E-state index in [0.717, 1.165) is 31.7 Å². The largest absolute Gasteiger partial charge is 0.360 e. The van der Waals surface area contributed by atoms with Gasteiger partial charge in [0.15, 0.2) is 5.11 Å². The highest BCUT2D eigenvalue weighted by molar-refractivity contribution is 7.80. The second-order valence-corrected chi connectivity index (χ2v) is 5.26. The fourth-order valence-electron chi connectivity index (χ4n) is 2.35. The summed E-state index contributed by atoms with van der Waals surface area (Å²) >= 11 is 5.16. The second-order valence-electron chi connectivity index (χ2n) is 4.85. The van der Waals surface area contributed by atoms with E-state index in [9.17, 15) is 14.5 Å². The SMILES string of the molecule is O=[N+]([O-])c1cc(F)ccc1NC(=S)NC1CCCCC1. The van der Waals surface area contributed by atoms with Gasteiger partial charge in [0.1, 0.15) is 11.5 Å². The van der Waals surface area contributed by atoms with Crippen molar-refractivity contribution in [3.63, 3.8) is 0 Å². The first-order valence-corrected chi connectivity index (χ1v) is 6.98. The van der Waals surface area contributed by atoms with Crippen LogP contribution in [0.5, 0.6) is 0 Å². The molecule has 1 fully saturated rings. The Labute approximate surface area is 121 Å². The summed E-state index contributed by atoms with van der Waals surface area (Å²) in [6.07, 6.45) is 5.66. The number of rotatable bonds is 3. The minimum Gasteiger partial charge on any atom is -0.360 e. The summed E-state index contributed by atoms with van der Waals surface area (Å²) < 4.78 is 13.0. The van der Waals surface area contributed by atoms with E-state index in [-0.39, 0.29) is 11.4 Å². The van der Waals surface area contributed by atoms with Gasteiger partial charge in [0.05, 0.1) is 11.0 Å². The van der Waals surface area contributed by atoms with E-state index in [2.05, 4.69) is 10.6 Å². The third-order valence-corrected chi connectivity index (χ3v) is 3.56. The summed E-state index contributed by atoms with van der Waals surface area (Å²) in [5, 5.41) is 17.2. The van der Waals surface area contributed by atoms with Crippen LogP contribution in [0.3, 0.4) is 0 Å². The average molecular weight is 297 g/mol. The van der Waals surface area contributed by atoms with Gasteiger partial charge >= 0.3 is 0 Å². The van der Waals surface area contributed by atoms with Crippen LogP contribution in [0.4, 0.5) is 15.8 Å². The molecule has 0 aromatic heterocycles. The maximum Gasteiger partial charge on any atom is 0.295 e. The molecule has 0 aliphatic heterocycles. The van der Waals surface area contributed by atoms with Crippen LogP contribution in [0, 0.1) is 15.9 Å². The van der Waals surface area contributed by atoms with Crippen molar-refractivity contribution in [1.29, 1.82) is 0 Å². The number of anilines is 1.